The Hall–Kier alpha value is -3.57. The Labute approximate surface area is 196 Å². The number of sulfone groups is 1. The van der Waals surface area contributed by atoms with Crippen LogP contribution < -0.4 is 9.80 Å². The molecular formula is C28H28N2O2S. The number of nitrogens with zero attached hydrogens (tertiary/aromatic N) is 2. The molecule has 4 nitrogen and oxygen atoms in total. The van der Waals surface area contributed by atoms with Crippen molar-refractivity contribution in [3.05, 3.63) is 94.7 Å². The van der Waals surface area contributed by atoms with Gasteiger partial charge in [0.2, 0.25) is 0 Å². The lowest BCUT2D eigenvalue weighted by Crippen LogP contribution is -2.08. The molecular weight excluding hydrogens is 428 g/mol. The molecule has 0 saturated carbocycles. The van der Waals surface area contributed by atoms with Crippen molar-refractivity contribution in [3.8, 4) is 0 Å². The predicted molar refractivity (Wildman–Crippen MR) is 144 cm³/mol. The fourth-order valence-corrected chi connectivity index (χ4v) is 4.85. The molecule has 4 rings (SSSR count). The number of fused-ring (bicyclic) bond motifs is 2. The van der Waals surface area contributed by atoms with Gasteiger partial charge >= 0.3 is 0 Å². The highest BCUT2D eigenvalue weighted by Gasteiger charge is 2.08. The van der Waals surface area contributed by atoms with E-state index in [0.717, 1.165) is 44.0 Å². The van der Waals surface area contributed by atoms with E-state index in [1.807, 2.05) is 76.7 Å². The molecule has 168 valence electrons. The average Bonchev–Trinajstić information content (AvgIpc) is 2.80. The number of rotatable bonds is 6. The molecule has 0 amide bonds. The summed E-state index contributed by atoms with van der Waals surface area (Å²) in [5.41, 5.74) is 3.93. The number of hydrogen-bond donors (Lipinski definition) is 0. The Bertz CT molecular complexity index is 1380. The van der Waals surface area contributed by atoms with Crippen LogP contribution in [-0.4, -0.2) is 36.6 Å². The van der Waals surface area contributed by atoms with Gasteiger partial charge in [-0.15, -0.1) is 0 Å². The SMILES string of the molecule is CN(C)c1cccc2c(C=CS(=O)(=O)C=Cc3cccc4c(N(C)C)cccc34)cccc12. The predicted octanol–water partition coefficient (Wildman–Crippen LogP) is 6.18. The normalized spacial score (nSPS) is 12.2. The highest BCUT2D eigenvalue weighted by atomic mass is 32.2. The Balaban J connectivity index is 1.68. The van der Waals surface area contributed by atoms with E-state index in [4.69, 9.17) is 0 Å². The van der Waals surface area contributed by atoms with Crippen LogP contribution in [0.2, 0.25) is 0 Å². The first kappa shape index (κ1) is 22.6. The third-order valence-corrected chi connectivity index (χ3v) is 6.73. The van der Waals surface area contributed by atoms with E-state index < -0.39 is 9.84 Å². The fourth-order valence-electron chi connectivity index (χ4n) is 4.09. The van der Waals surface area contributed by atoms with E-state index in [9.17, 15) is 8.42 Å². The van der Waals surface area contributed by atoms with Crippen molar-refractivity contribution < 1.29 is 8.42 Å². The lowest BCUT2D eigenvalue weighted by molar-refractivity contribution is 0.613. The Kier molecular flexibility index (Phi) is 6.25. The van der Waals surface area contributed by atoms with Crippen molar-refractivity contribution in [2.45, 2.75) is 0 Å². The summed E-state index contributed by atoms with van der Waals surface area (Å²) in [6.07, 6.45) is 3.35. The lowest BCUT2D eigenvalue weighted by atomic mass is 10.0. The summed E-state index contributed by atoms with van der Waals surface area (Å²) in [6.45, 7) is 0. The van der Waals surface area contributed by atoms with Gasteiger partial charge in [0.1, 0.15) is 0 Å². The van der Waals surface area contributed by atoms with Crippen molar-refractivity contribution in [1.29, 1.82) is 0 Å². The molecule has 0 bridgehead atoms. The van der Waals surface area contributed by atoms with Gasteiger partial charge in [-0.1, -0.05) is 60.7 Å². The fraction of sp³-hybridized carbons (Fsp3) is 0.143. The minimum absolute atomic E-state index is 0.869. The molecule has 0 aliphatic carbocycles. The second kappa shape index (κ2) is 9.12. The van der Waals surface area contributed by atoms with Crippen LogP contribution in [0.15, 0.2) is 83.6 Å². The van der Waals surface area contributed by atoms with Gasteiger partial charge in [-0.05, 0) is 46.2 Å². The minimum Gasteiger partial charge on any atom is -0.377 e. The van der Waals surface area contributed by atoms with E-state index in [0.29, 0.717) is 0 Å². The maximum absolute atomic E-state index is 12.8. The van der Waals surface area contributed by atoms with E-state index >= 15 is 0 Å². The third kappa shape index (κ3) is 4.78. The van der Waals surface area contributed by atoms with Crippen LogP contribution in [0, 0.1) is 0 Å². The molecule has 4 aromatic rings. The van der Waals surface area contributed by atoms with Gasteiger partial charge in [-0.2, -0.15) is 0 Å². The molecule has 0 heterocycles. The van der Waals surface area contributed by atoms with Gasteiger partial charge in [0, 0.05) is 61.2 Å². The first-order valence-electron chi connectivity index (χ1n) is 10.8. The van der Waals surface area contributed by atoms with Gasteiger partial charge in [-0.25, -0.2) is 8.42 Å². The molecule has 33 heavy (non-hydrogen) atoms. The average molecular weight is 457 g/mol. The molecule has 0 N–H and O–H groups in total. The second-order valence-corrected chi connectivity index (χ2v) is 10.1. The summed E-state index contributed by atoms with van der Waals surface area (Å²) < 4.78 is 25.6. The Morgan fingerprint density at radius 2 is 0.909 bits per heavy atom. The summed E-state index contributed by atoms with van der Waals surface area (Å²) in [5, 5.41) is 6.76. The van der Waals surface area contributed by atoms with Crippen LogP contribution >= 0.6 is 0 Å². The second-order valence-electron chi connectivity index (χ2n) is 8.42. The molecule has 0 spiro atoms. The summed E-state index contributed by atoms with van der Waals surface area (Å²) in [7, 11) is 4.46. The minimum atomic E-state index is -3.55. The van der Waals surface area contributed by atoms with Crippen LogP contribution in [0.25, 0.3) is 33.7 Å². The Morgan fingerprint density at radius 1 is 0.545 bits per heavy atom. The molecule has 0 saturated heterocycles. The molecule has 5 heteroatoms. The first-order valence-corrected chi connectivity index (χ1v) is 12.4. The molecule has 0 atom stereocenters. The quantitative estimate of drug-likeness (QED) is 0.347. The van der Waals surface area contributed by atoms with Crippen molar-refractivity contribution in [3.63, 3.8) is 0 Å². The zero-order valence-corrected chi connectivity index (χ0v) is 20.2. The standard InChI is InChI=1S/C28H28N2O2S/c1-29(2)27-15-7-11-23-21(9-5-13-25(23)27)17-19-33(31,32)20-18-22-10-6-14-26-24(22)12-8-16-28(26)30(3)4/h5-20H,1-4H3. The van der Waals surface area contributed by atoms with Crippen molar-refractivity contribution >= 4 is 54.9 Å². The van der Waals surface area contributed by atoms with Crippen LogP contribution in [0.5, 0.6) is 0 Å². The molecule has 0 unspecified atom stereocenters. The van der Waals surface area contributed by atoms with E-state index in [1.54, 1.807) is 12.2 Å². The van der Waals surface area contributed by atoms with Crippen molar-refractivity contribution in [2.75, 3.05) is 38.0 Å². The zero-order valence-electron chi connectivity index (χ0n) is 19.4. The van der Waals surface area contributed by atoms with Crippen molar-refractivity contribution in [2.24, 2.45) is 0 Å². The topological polar surface area (TPSA) is 40.6 Å². The van der Waals surface area contributed by atoms with Crippen LogP contribution in [0.4, 0.5) is 11.4 Å². The summed E-state index contributed by atoms with van der Waals surface area (Å²) >= 11 is 0. The van der Waals surface area contributed by atoms with Gasteiger partial charge in [0.25, 0.3) is 0 Å². The summed E-state index contributed by atoms with van der Waals surface area (Å²) in [5.74, 6) is 0. The Morgan fingerprint density at radius 3 is 1.30 bits per heavy atom. The summed E-state index contributed by atoms with van der Waals surface area (Å²) in [4.78, 5) is 4.11. The summed E-state index contributed by atoms with van der Waals surface area (Å²) in [6, 6.07) is 24.0. The maximum Gasteiger partial charge on any atom is 0.193 e. The highest BCUT2D eigenvalue weighted by molar-refractivity contribution is 7.97. The monoisotopic (exact) mass is 456 g/mol. The molecule has 0 aliphatic rings. The molecule has 0 aliphatic heterocycles. The molecule has 0 fully saturated rings. The van der Waals surface area contributed by atoms with Crippen molar-refractivity contribution in [1.82, 2.24) is 0 Å². The van der Waals surface area contributed by atoms with E-state index in [1.165, 1.54) is 10.8 Å². The number of anilines is 2. The number of hydrogen-bond acceptors (Lipinski definition) is 4. The molecule has 4 aromatic carbocycles. The van der Waals surface area contributed by atoms with Gasteiger partial charge < -0.3 is 9.80 Å². The van der Waals surface area contributed by atoms with E-state index in [-0.39, 0.29) is 0 Å². The van der Waals surface area contributed by atoms with Crippen LogP contribution in [0.1, 0.15) is 11.1 Å². The van der Waals surface area contributed by atoms with Gasteiger partial charge in [0.05, 0.1) is 0 Å². The third-order valence-electron chi connectivity index (χ3n) is 5.70. The maximum atomic E-state index is 12.8. The van der Waals surface area contributed by atoms with Crippen LogP contribution in [0.3, 0.4) is 0 Å². The zero-order chi connectivity index (χ0) is 23.6. The molecule has 0 radical (unpaired) electrons. The molecule has 0 aromatic heterocycles. The van der Waals surface area contributed by atoms with Gasteiger partial charge in [-0.3, -0.25) is 0 Å². The van der Waals surface area contributed by atoms with Crippen LogP contribution in [-0.2, 0) is 9.84 Å². The largest absolute Gasteiger partial charge is 0.377 e. The number of benzene rings is 4. The smallest absolute Gasteiger partial charge is 0.193 e. The first-order chi connectivity index (χ1) is 15.8. The van der Waals surface area contributed by atoms with E-state index in [2.05, 4.69) is 34.1 Å². The highest BCUT2D eigenvalue weighted by Crippen LogP contribution is 2.30. The van der Waals surface area contributed by atoms with Gasteiger partial charge in [0.15, 0.2) is 9.84 Å². The lowest BCUT2D eigenvalue weighted by Gasteiger charge is -2.16.